The number of ether oxygens (including phenoxy) is 1. The highest BCUT2D eigenvalue weighted by atomic mass is 16.5. The van der Waals surface area contributed by atoms with E-state index in [0.717, 1.165) is 75.3 Å². The number of carbonyl (C=O) groups is 1. The summed E-state index contributed by atoms with van der Waals surface area (Å²) >= 11 is 0. The van der Waals surface area contributed by atoms with E-state index in [1.807, 2.05) is 0 Å². The standard InChI is InChI=1S/C31H47N3O2/c1-21-7-5-10-29(24(21)4)34-17-14-25(15-18-34)13-16-33-28-9-6-8-27(28)31(32)30(35)12-11-26-19-22(2)36-23(3)20-26/h5,7,10,22-23,25-26,32-33H,6,8-9,11-20H2,1-4H3/t22-,23+,26?. The lowest BCUT2D eigenvalue weighted by molar-refractivity contribution is -0.113. The highest BCUT2D eigenvalue weighted by Crippen LogP contribution is 2.31. The van der Waals surface area contributed by atoms with E-state index in [4.69, 9.17) is 10.1 Å². The first-order valence-corrected chi connectivity index (χ1v) is 14.4. The van der Waals surface area contributed by atoms with Gasteiger partial charge in [0, 0.05) is 37.4 Å². The smallest absolute Gasteiger partial charge is 0.180 e. The number of hydrogen-bond acceptors (Lipinski definition) is 5. The van der Waals surface area contributed by atoms with Crippen LogP contribution in [0, 0.1) is 31.1 Å². The number of nitrogens with one attached hydrogen (secondary N) is 2. The number of rotatable bonds is 10. The number of piperidine rings is 1. The zero-order chi connectivity index (χ0) is 25.7. The molecule has 1 unspecified atom stereocenters. The molecule has 3 atom stereocenters. The first-order valence-electron chi connectivity index (χ1n) is 14.4. The third-order valence-corrected chi connectivity index (χ3v) is 8.80. The minimum Gasteiger partial charge on any atom is -0.388 e. The van der Waals surface area contributed by atoms with Crippen LogP contribution in [0.5, 0.6) is 0 Å². The molecule has 0 bridgehead atoms. The van der Waals surface area contributed by atoms with Crippen LogP contribution in [-0.4, -0.2) is 43.3 Å². The molecule has 0 radical (unpaired) electrons. The summed E-state index contributed by atoms with van der Waals surface area (Å²) < 4.78 is 5.84. The maximum Gasteiger partial charge on any atom is 0.180 e. The SMILES string of the molecule is Cc1cccc(N2CCC(CCNC3=C(C(=N)C(=O)CCC4C[C@@H](C)O[C@@H](C)C4)CCC3)CC2)c1C. The molecule has 0 saturated carbocycles. The Balaban J connectivity index is 1.21. The van der Waals surface area contributed by atoms with Gasteiger partial charge in [-0.1, -0.05) is 12.1 Å². The van der Waals surface area contributed by atoms with Gasteiger partial charge in [-0.2, -0.15) is 0 Å². The van der Waals surface area contributed by atoms with E-state index in [1.54, 1.807) is 0 Å². The summed E-state index contributed by atoms with van der Waals surface area (Å²) in [5, 5.41) is 12.3. The van der Waals surface area contributed by atoms with Crippen LogP contribution in [0.25, 0.3) is 0 Å². The van der Waals surface area contributed by atoms with Gasteiger partial charge in [0.2, 0.25) is 0 Å². The molecule has 5 nitrogen and oxygen atoms in total. The van der Waals surface area contributed by atoms with Crippen LogP contribution < -0.4 is 10.2 Å². The molecule has 2 heterocycles. The number of allylic oxidation sites excluding steroid dienone is 2. The fourth-order valence-electron chi connectivity index (χ4n) is 6.59. The Labute approximate surface area is 218 Å². The summed E-state index contributed by atoms with van der Waals surface area (Å²) in [5.41, 5.74) is 6.60. The highest BCUT2D eigenvalue weighted by Gasteiger charge is 2.27. The van der Waals surface area contributed by atoms with Crippen molar-refractivity contribution in [1.82, 2.24) is 5.32 Å². The van der Waals surface area contributed by atoms with E-state index >= 15 is 0 Å². The number of Topliss-reactive ketones (excluding diaryl/α,β-unsaturated/α-hetero) is 1. The van der Waals surface area contributed by atoms with E-state index in [9.17, 15) is 4.79 Å². The summed E-state index contributed by atoms with van der Waals surface area (Å²) in [6, 6.07) is 6.64. The summed E-state index contributed by atoms with van der Waals surface area (Å²) in [5.74, 6) is 1.31. The lowest BCUT2D eigenvalue weighted by atomic mass is 9.87. The van der Waals surface area contributed by atoms with E-state index in [0.29, 0.717) is 12.3 Å². The molecule has 0 amide bonds. The average molecular weight is 494 g/mol. The van der Waals surface area contributed by atoms with E-state index < -0.39 is 0 Å². The third kappa shape index (κ3) is 6.79. The molecule has 2 fully saturated rings. The van der Waals surface area contributed by atoms with Crippen LogP contribution in [0.2, 0.25) is 0 Å². The number of carbonyl (C=O) groups excluding carboxylic acids is 1. The second kappa shape index (κ2) is 12.4. The van der Waals surface area contributed by atoms with Crippen LogP contribution in [0.15, 0.2) is 29.5 Å². The second-order valence-electron chi connectivity index (χ2n) is 11.6. The Morgan fingerprint density at radius 1 is 1.06 bits per heavy atom. The van der Waals surface area contributed by atoms with E-state index in [-0.39, 0.29) is 23.7 Å². The molecule has 1 aromatic carbocycles. The minimum atomic E-state index is 0.0248. The summed E-state index contributed by atoms with van der Waals surface area (Å²) in [4.78, 5) is 15.4. The summed E-state index contributed by atoms with van der Waals surface area (Å²) in [7, 11) is 0. The van der Waals surface area contributed by atoms with Crippen molar-refractivity contribution >= 4 is 17.2 Å². The van der Waals surface area contributed by atoms with Crippen molar-refractivity contribution < 1.29 is 9.53 Å². The number of benzene rings is 1. The Morgan fingerprint density at radius 3 is 2.50 bits per heavy atom. The number of aryl methyl sites for hydroxylation is 1. The molecule has 5 heteroatoms. The predicted molar refractivity (Wildman–Crippen MR) is 149 cm³/mol. The van der Waals surface area contributed by atoms with Crippen LogP contribution in [0.1, 0.15) is 89.2 Å². The zero-order valence-electron chi connectivity index (χ0n) is 23.0. The van der Waals surface area contributed by atoms with Crippen LogP contribution >= 0.6 is 0 Å². The monoisotopic (exact) mass is 493 g/mol. The van der Waals surface area contributed by atoms with Crippen molar-refractivity contribution in [1.29, 1.82) is 5.41 Å². The Morgan fingerprint density at radius 2 is 1.78 bits per heavy atom. The number of ketones is 1. The summed E-state index contributed by atoms with van der Waals surface area (Å²) in [6.07, 6.45) is 10.5. The molecule has 0 aromatic heterocycles. The molecule has 3 aliphatic rings. The van der Waals surface area contributed by atoms with E-state index in [2.05, 4.69) is 56.1 Å². The zero-order valence-corrected chi connectivity index (χ0v) is 23.0. The molecule has 2 saturated heterocycles. The molecular weight excluding hydrogens is 446 g/mol. The lowest BCUT2D eigenvalue weighted by Crippen LogP contribution is -2.35. The number of nitrogens with zero attached hydrogens (tertiary/aromatic N) is 1. The molecule has 198 valence electrons. The highest BCUT2D eigenvalue weighted by molar-refractivity contribution is 6.45. The van der Waals surface area contributed by atoms with Crippen LogP contribution in [0.3, 0.4) is 0 Å². The largest absolute Gasteiger partial charge is 0.388 e. The Hall–Kier alpha value is -2.14. The Bertz CT molecular complexity index is 951. The van der Waals surface area contributed by atoms with Gasteiger partial charge in [-0.25, -0.2) is 0 Å². The molecule has 2 N–H and O–H groups in total. The number of anilines is 1. The van der Waals surface area contributed by atoms with Gasteiger partial charge in [-0.05, 0) is 120 Å². The molecular formula is C31H47N3O2. The molecule has 2 aliphatic heterocycles. The quantitative estimate of drug-likeness (QED) is 0.365. The van der Waals surface area contributed by atoms with Crippen molar-refractivity contribution in [2.75, 3.05) is 24.5 Å². The van der Waals surface area contributed by atoms with Gasteiger partial charge in [0.1, 0.15) is 5.71 Å². The lowest BCUT2D eigenvalue weighted by Gasteiger charge is -2.35. The van der Waals surface area contributed by atoms with E-state index in [1.165, 1.54) is 36.1 Å². The van der Waals surface area contributed by atoms with Gasteiger partial charge in [0.25, 0.3) is 0 Å². The topological polar surface area (TPSA) is 65.4 Å². The minimum absolute atomic E-state index is 0.0248. The second-order valence-corrected chi connectivity index (χ2v) is 11.6. The normalized spacial score (nSPS) is 25.3. The number of hydrogen-bond donors (Lipinski definition) is 2. The fraction of sp³-hybridized carbons (Fsp3) is 0.677. The third-order valence-electron chi connectivity index (χ3n) is 8.80. The van der Waals surface area contributed by atoms with Crippen molar-refractivity contribution in [2.24, 2.45) is 11.8 Å². The van der Waals surface area contributed by atoms with Crippen molar-refractivity contribution in [3.8, 4) is 0 Å². The van der Waals surface area contributed by atoms with Crippen molar-refractivity contribution in [2.45, 2.75) is 104 Å². The van der Waals surface area contributed by atoms with Crippen LogP contribution in [-0.2, 0) is 9.53 Å². The average Bonchev–Trinajstić information content (AvgIpc) is 3.32. The molecule has 0 spiro atoms. The molecule has 1 aromatic rings. The van der Waals surface area contributed by atoms with Gasteiger partial charge in [0.15, 0.2) is 5.78 Å². The predicted octanol–water partition coefficient (Wildman–Crippen LogP) is 6.51. The molecule has 4 rings (SSSR count). The van der Waals surface area contributed by atoms with Gasteiger partial charge in [-0.15, -0.1) is 0 Å². The van der Waals surface area contributed by atoms with Crippen LogP contribution in [0.4, 0.5) is 5.69 Å². The first-order chi connectivity index (χ1) is 17.3. The van der Waals surface area contributed by atoms with Gasteiger partial charge < -0.3 is 15.0 Å². The van der Waals surface area contributed by atoms with Crippen molar-refractivity contribution in [3.63, 3.8) is 0 Å². The van der Waals surface area contributed by atoms with Crippen molar-refractivity contribution in [3.05, 3.63) is 40.6 Å². The first kappa shape index (κ1) is 26.9. The molecule has 36 heavy (non-hydrogen) atoms. The maximum absolute atomic E-state index is 12.9. The van der Waals surface area contributed by atoms with Gasteiger partial charge in [-0.3, -0.25) is 10.2 Å². The molecule has 1 aliphatic carbocycles. The fourth-order valence-corrected chi connectivity index (χ4v) is 6.59. The summed E-state index contributed by atoms with van der Waals surface area (Å²) in [6.45, 7) is 11.9. The van der Waals surface area contributed by atoms with Gasteiger partial charge >= 0.3 is 0 Å². The Kier molecular flexibility index (Phi) is 9.27. The van der Waals surface area contributed by atoms with Gasteiger partial charge in [0.05, 0.1) is 12.2 Å². The maximum atomic E-state index is 12.9.